The Morgan fingerprint density at radius 1 is 1.21 bits per heavy atom. The largest absolute Gasteiger partial charge is 0.385 e. The van der Waals surface area contributed by atoms with E-state index in [0.717, 1.165) is 12.1 Å². The van der Waals surface area contributed by atoms with Crippen LogP contribution in [0.4, 0.5) is 14.5 Å². The molecular formula is C19H17F2N3O3S. The average Bonchev–Trinajstić information content (AvgIpc) is 2.67. The second-order valence-electron chi connectivity index (χ2n) is 6.08. The minimum atomic E-state index is -1.06. The molecule has 0 saturated carbocycles. The number of anilines is 1. The molecule has 1 amide bonds. The molecule has 0 fully saturated rings. The smallest absolute Gasteiger partial charge is 0.262 e. The van der Waals surface area contributed by atoms with E-state index in [1.807, 2.05) is 0 Å². The van der Waals surface area contributed by atoms with Crippen molar-refractivity contribution in [3.05, 3.63) is 68.7 Å². The van der Waals surface area contributed by atoms with E-state index in [-0.39, 0.29) is 21.6 Å². The van der Waals surface area contributed by atoms with Crippen LogP contribution in [0.2, 0.25) is 0 Å². The lowest BCUT2D eigenvalue weighted by Crippen LogP contribution is -2.23. The number of benzene rings is 2. The fourth-order valence-corrected chi connectivity index (χ4v) is 3.03. The number of carbonyl (C=O) groups is 1. The number of aromatic nitrogens is 2. The van der Waals surface area contributed by atoms with E-state index in [9.17, 15) is 18.4 Å². The van der Waals surface area contributed by atoms with E-state index in [1.165, 1.54) is 28.8 Å². The first kappa shape index (κ1) is 19.8. The molecule has 0 unspecified atom stereocenters. The number of nitrogens with one attached hydrogen (secondary N) is 2. The summed E-state index contributed by atoms with van der Waals surface area (Å²) in [5.74, 6) is -2.59. The van der Waals surface area contributed by atoms with Crippen LogP contribution < -0.4 is 10.9 Å². The van der Waals surface area contributed by atoms with Crippen LogP contribution >= 0.6 is 12.2 Å². The molecule has 2 N–H and O–H groups in total. The minimum Gasteiger partial charge on any atom is -0.385 e. The summed E-state index contributed by atoms with van der Waals surface area (Å²) in [6.07, 6.45) is 0.633. The van der Waals surface area contributed by atoms with Gasteiger partial charge in [-0.15, -0.1) is 0 Å². The highest BCUT2D eigenvalue weighted by Crippen LogP contribution is 2.16. The van der Waals surface area contributed by atoms with Crippen LogP contribution in [0.1, 0.15) is 16.8 Å². The van der Waals surface area contributed by atoms with E-state index >= 15 is 0 Å². The number of nitrogens with zero attached hydrogens (tertiary/aromatic N) is 1. The van der Waals surface area contributed by atoms with Crippen LogP contribution in [0.25, 0.3) is 10.9 Å². The lowest BCUT2D eigenvalue weighted by Gasteiger charge is -2.09. The first-order valence-corrected chi connectivity index (χ1v) is 8.84. The number of aromatic amines is 1. The number of hydrogen-bond donors (Lipinski definition) is 2. The summed E-state index contributed by atoms with van der Waals surface area (Å²) in [6, 6.07) is 7.56. The number of H-pyrrole nitrogens is 1. The summed E-state index contributed by atoms with van der Waals surface area (Å²) in [4.78, 5) is 28.0. The molecule has 9 heteroatoms. The summed E-state index contributed by atoms with van der Waals surface area (Å²) >= 11 is 5.25. The Kier molecular flexibility index (Phi) is 5.96. The predicted molar refractivity (Wildman–Crippen MR) is 104 cm³/mol. The Balaban J connectivity index is 1.90. The van der Waals surface area contributed by atoms with Crippen LogP contribution in [0.3, 0.4) is 0 Å². The molecule has 3 aromatic rings. The Morgan fingerprint density at radius 2 is 2.00 bits per heavy atom. The van der Waals surface area contributed by atoms with Crippen molar-refractivity contribution in [3.8, 4) is 0 Å². The number of methoxy groups -OCH3 is 1. The molecule has 6 nitrogen and oxygen atoms in total. The molecule has 2 aromatic carbocycles. The maximum atomic E-state index is 13.3. The van der Waals surface area contributed by atoms with Gasteiger partial charge in [0.15, 0.2) is 16.4 Å². The van der Waals surface area contributed by atoms with Crippen LogP contribution in [0.5, 0.6) is 0 Å². The molecule has 28 heavy (non-hydrogen) atoms. The van der Waals surface area contributed by atoms with Crippen LogP contribution in [0, 0.1) is 16.4 Å². The van der Waals surface area contributed by atoms with Crippen molar-refractivity contribution < 1.29 is 18.3 Å². The Labute approximate surface area is 163 Å². The van der Waals surface area contributed by atoms with Gasteiger partial charge in [0.05, 0.1) is 10.9 Å². The Hall–Kier alpha value is -2.91. The third-order valence-electron chi connectivity index (χ3n) is 4.15. The van der Waals surface area contributed by atoms with Crippen molar-refractivity contribution >= 4 is 34.7 Å². The van der Waals surface area contributed by atoms with E-state index in [1.54, 1.807) is 7.11 Å². The second kappa shape index (κ2) is 8.41. The van der Waals surface area contributed by atoms with Crippen LogP contribution in [0.15, 0.2) is 41.2 Å². The first-order valence-electron chi connectivity index (χ1n) is 8.43. The van der Waals surface area contributed by atoms with Gasteiger partial charge in [-0.1, -0.05) is 0 Å². The average molecular weight is 405 g/mol. The van der Waals surface area contributed by atoms with Gasteiger partial charge in [-0.2, -0.15) is 0 Å². The number of ether oxygens (including phenoxy) is 1. The van der Waals surface area contributed by atoms with E-state index in [4.69, 9.17) is 17.0 Å². The minimum absolute atomic E-state index is 0.116. The normalized spacial score (nSPS) is 11.0. The van der Waals surface area contributed by atoms with Gasteiger partial charge < -0.3 is 15.0 Å². The lowest BCUT2D eigenvalue weighted by molar-refractivity contribution is 0.102. The van der Waals surface area contributed by atoms with Crippen molar-refractivity contribution in [1.82, 2.24) is 9.55 Å². The number of amides is 1. The molecule has 0 aliphatic heterocycles. The molecule has 0 saturated heterocycles. The van der Waals surface area contributed by atoms with Crippen molar-refractivity contribution in [1.29, 1.82) is 0 Å². The van der Waals surface area contributed by atoms with Crippen LogP contribution in [-0.4, -0.2) is 29.2 Å². The van der Waals surface area contributed by atoms with E-state index in [0.29, 0.717) is 30.5 Å². The van der Waals surface area contributed by atoms with Crippen LogP contribution in [-0.2, 0) is 11.3 Å². The lowest BCUT2D eigenvalue weighted by atomic mass is 10.1. The number of fused-ring (bicyclic) bond motifs is 1. The Bertz CT molecular complexity index is 1160. The highest BCUT2D eigenvalue weighted by molar-refractivity contribution is 7.71. The summed E-state index contributed by atoms with van der Waals surface area (Å²) in [6.45, 7) is 0.915. The van der Waals surface area contributed by atoms with Crippen molar-refractivity contribution in [3.63, 3.8) is 0 Å². The standard InChI is InChI=1S/C19H17F2N3O3S/c1-27-8-2-7-24-18(26)13-5-3-11(9-16(13)23-19(24)28)17(25)22-12-4-6-14(20)15(21)10-12/h3-6,9-10H,2,7-8H2,1H3,(H,22,25)(H,23,28). The fourth-order valence-electron chi connectivity index (χ4n) is 2.74. The van der Waals surface area contributed by atoms with Crippen molar-refractivity contribution in [2.45, 2.75) is 13.0 Å². The number of carbonyl (C=O) groups excluding carboxylic acids is 1. The molecule has 0 spiro atoms. The third-order valence-corrected chi connectivity index (χ3v) is 4.47. The predicted octanol–water partition coefficient (Wildman–Crippen LogP) is 3.63. The molecule has 0 aliphatic rings. The topological polar surface area (TPSA) is 76.1 Å². The van der Waals surface area contributed by atoms with Crippen molar-refractivity contribution in [2.75, 3.05) is 19.0 Å². The molecule has 146 valence electrons. The van der Waals surface area contributed by atoms with E-state index in [2.05, 4.69) is 10.3 Å². The maximum absolute atomic E-state index is 13.3. The monoisotopic (exact) mass is 405 g/mol. The SMILES string of the molecule is COCCCn1c(=S)[nH]c2cc(C(=O)Nc3ccc(F)c(F)c3)ccc2c1=O. The molecule has 1 heterocycles. The highest BCUT2D eigenvalue weighted by atomic mass is 32.1. The Morgan fingerprint density at radius 3 is 2.71 bits per heavy atom. The van der Waals surface area contributed by atoms with Gasteiger partial charge >= 0.3 is 0 Å². The molecular weight excluding hydrogens is 388 g/mol. The van der Waals surface area contributed by atoms with Gasteiger partial charge in [-0.25, -0.2) is 8.78 Å². The summed E-state index contributed by atoms with van der Waals surface area (Å²) in [7, 11) is 1.58. The first-order chi connectivity index (χ1) is 13.4. The van der Waals surface area contributed by atoms with Gasteiger partial charge in [0, 0.05) is 37.6 Å². The van der Waals surface area contributed by atoms with Gasteiger partial charge in [-0.05, 0) is 49.0 Å². The molecule has 3 rings (SSSR count). The number of halogens is 2. The molecule has 0 radical (unpaired) electrons. The zero-order chi connectivity index (χ0) is 20.3. The quantitative estimate of drug-likeness (QED) is 0.485. The molecule has 0 aliphatic carbocycles. The van der Waals surface area contributed by atoms with Gasteiger partial charge in [0.1, 0.15) is 0 Å². The summed E-state index contributed by atoms with van der Waals surface area (Å²) < 4.78 is 33.0. The molecule has 1 aromatic heterocycles. The van der Waals surface area contributed by atoms with Gasteiger partial charge in [-0.3, -0.25) is 14.2 Å². The molecule has 0 bridgehead atoms. The van der Waals surface area contributed by atoms with E-state index < -0.39 is 17.5 Å². The highest BCUT2D eigenvalue weighted by Gasteiger charge is 2.12. The van der Waals surface area contributed by atoms with Gasteiger partial charge in [0.25, 0.3) is 11.5 Å². The van der Waals surface area contributed by atoms with Gasteiger partial charge in [0.2, 0.25) is 0 Å². The second-order valence-corrected chi connectivity index (χ2v) is 6.46. The summed E-state index contributed by atoms with van der Waals surface area (Å²) in [5, 5.41) is 2.87. The number of hydrogen-bond acceptors (Lipinski definition) is 4. The maximum Gasteiger partial charge on any atom is 0.262 e. The third kappa shape index (κ3) is 4.15. The number of rotatable bonds is 6. The molecule has 0 atom stereocenters. The van der Waals surface area contributed by atoms with Crippen molar-refractivity contribution in [2.24, 2.45) is 0 Å². The fraction of sp³-hybridized carbons (Fsp3) is 0.211. The zero-order valence-electron chi connectivity index (χ0n) is 14.9. The zero-order valence-corrected chi connectivity index (χ0v) is 15.7. The summed E-state index contributed by atoms with van der Waals surface area (Å²) in [5.41, 5.74) is 0.503.